The molecule has 0 atom stereocenters. The molecule has 4 heteroatoms. The van der Waals surface area contributed by atoms with Crippen LogP contribution in [0.1, 0.15) is 29.8 Å². The van der Waals surface area contributed by atoms with Crippen molar-refractivity contribution >= 4 is 21.8 Å². The fourth-order valence-electron chi connectivity index (χ4n) is 2.00. The number of rotatable bonds is 6. The molecule has 0 aliphatic carbocycles. The van der Waals surface area contributed by atoms with Crippen LogP contribution in [0.3, 0.4) is 0 Å². The number of hydrogen-bond donors (Lipinski definition) is 0. The topological polar surface area (TPSA) is 23.6 Å². The van der Waals surface area contributed by atoms with Crippen molar-refractivity contribution in [2.45, 2.75) is 20.8 Å². The third-order valence-electron chi connectivity index (χ3n) is 3.04. The van der Waals surface area contributed by atoms with E-state index in [9.17, 15) is 4.79 Å². The van der Waals surface area contributed by atoms with Crippen LogP contribution in [-0.4, -0.2) is 49.4 Å². The van der Waals surface area contributed by atoms with Gasteiger partial charge in [-0.3, -0.25) is 4.79 Å². The van der Waals surface area contributed by atoms with Crippen LogP contribution in [0.25, 0.3) is 0 Å². The predicted octanol–water partition coefficient (Wildman–Crippen LogP) is 3.42. The third-order valence-corrected chi connectivity index (χ3v) is 3.70. The average molecular weight is 341 g/mol. The maximum Gasteiger partial charge on any atom is 0.255 e. The largest absolute Gasteiger partial charge is 0.337 e. The van der Waals surface area contributed by atoms with Gasteiger partial charge in [0.25, 0.3) is 5.91 Å². The summed E-state index contributed by atoms with van der Waals surface area (Å²) in [5.41, 5.74) is 1.90. The zero-order chi connectivity index (χ0) is 15.3. The fraction of sp³-hybridized carbons (Fsp3) is 0.562. The van der Waals surface area contributed by atoms with Crippen molar-refractivity contribution in [3.8, 4) is 0 Å². The Morgan fingerprint density at radius 2 is 1.90 bits per heavy atom. The van der Waals surface area contributed by atoms with Gasteiger partial charge in [-0.15, -0.1) is 0 Å². The standard InChI is InChI=1S/C16H25BrN2O/c1-12(2)11-19(9-8-18(4)5)16(20)14-7-6-13(3)10-15(14)17/h6-7,10,12H,8-9,11H2,1-5H3. The van der Waals surface area contributed by atoms with Crippen LogP contribution in [0.5, 0.6) is 0 Å². The van der Waals surface area contributed by atoms with Gasteiger partial charge in [0.1, 0.15) is 0 Å². The van der Waals surface area contributed by atoms with Crippen molar-refractivity contribution in [1.82, 2.24) is 9.80 Å². The first kappa shape index (κ1) is 17.2. The minimum atomic E-state index is 0.104. The van der Waals surface area contributed by atoms with E-state index >= 15 is 0 Å². The lowest BCUT2D eigenvalue weighted by atomic mass is 10.1. The Morgan fingerprint density at radius 1 is 1.25 bits per heavy atom. The van der Waals surface area contributed by atoms with Gasteiger partial charge in [0.2, 0.25) is 0 Å². The van der Waals surface area contributed by atoms with Crippen LogP contribution < -0.4 is 0 Å². The molecule has 0 fully saturated rings. The van der Waals surface area contributed by atoms with Crippen LogP contribution in [0.4, 0.5) is 0 Å². The predicted molar refractivity (Wildman–Crippen MR) is 88.2 cm³/mol. The van der Waals surface area contributed by atoms with Crippen molar-refractivity contribution in [1.29, 1.82) is 0 Å². The normalized spacial score (nSPS) is 11.2. The van der Waals surface area contributed by atoms with Gasteiger partial charge in [-0.25, -0.2) is 0 Å². The third kappa shape index (κ3) is 5.25. The summed E-state index contributed by atoms with van der Waals surface area (Å²) in [7, 11) is 4.06. The molecule has 1 aromatic carbocycles. The zero-order valence-corrected chi connectivity index (χ0v) is 14.7. The Kier molecular flexibility index (Phi) is 6.69. The lowest BCUT2D eigenvalue weighted by molar-refractivity contribution is 0.0724. The minimum absolute atomic E-state index is 0.104. The second-order valence-electron chi connectivity index (χ2n) is 5.93. The number of carbonyl (C=O) groups is 1. The van der Waals surface area contributed by atoms with E-state index in [1.807, 2.05) is 44.1 Å². The van der Waals surface area contributed by atoms with Gasteiger partial charge in [0.15, 0.2) is 0 Å². The van der Waals surface area contributed by atoms with E-state index in [0.717, 1.165) is 35.2 Å². The quantitative estimate of drug-likeness (QED) is 0.792. The molecule has 0 unspecified atom stereocenters. The van der Waals surface area contributed by atoms with Crippen LogP contribution in [0, 0.1) is 12.8 Å². The average Bonchev–Trinajstić information content (AvgIpc) is 2.33. The number of likely N-dealkylation sites (N-methyl/N-ethyl adjacent to an activating group) is 1. The number of hydrogen-bond acceptors (Lipinski definition) is 2. The first-order chi connectivity index (χ1) is 9.31. The second-order valence-corrected chi connectivity index (χ2v) is 6.79. The van der Waals surface area contributed by atoms with E-state index in [4.69, 9.17) is 0 Å². The molecule has 0 spiro atoms. The molecule has 0 aliphatic heterocycles. The van der Waals surface area contributed by atoms with E-state index in [1.165, 1.54) is 0 Å². The maximum atomic E-state index is 12.7. The first-order valence-electron chi connectivity index (χ1n) is 7.01. The molecule has 1 rings (SSSR count). The summed E-state index contributed by atoms with van der Waals surface area (Å²) in [6.07, 6.45) is 0. The number of nitrogens with zero attached hydrogens (tertiary/aromatic N) is 2. The Hall–Kier alpha value is -0.870. The van der Waals surface area contributed by atoms with Crippen molar-refractivity contribution in [3.05, 3.63) is 33.8 Å². The van der Waals surface area contributed by atoms with Gasteiger partial charge in [0, 0.05) is 24.1 Å². The van der Waals surface area contributed by atoms with Crippen LogP contribution in [0.2, 0.25) is 0 Å². The summed E-state index contributed by atoms with van der Waals surface area (Å²) < 4.78 is 0.876. The molecular formula is C16H25BrN2O. The summed E-state index contributed by atoms with van der Waals surface area (Å²) in [5, 5.41) is 0. The lowest BCUT2D eigenvalue weighted by Gasteiger charge is -2.26. The molecular weight excluding hydrogens is 316 g/mol. The highest BCUT2D eigenvalue weighted by Gasteiger charge is 2.19. The smallest absolute Gasteiger partial charge is 0.255 e. The number of halogens is 1. The van der Waals surface area contributed by atoms with Crippen molar-refractivity contribution < 1.29 is 4.79 Å². The lowest BCUT2D eigenvalue weighted by Crippen LogP contribution is -2.39. The number of amides is 1. The molecule has 0 radical (unpaired) electrons. The molecule has 0 saturated heterocycles. The number of aryl methyl sites for hydroxylation is 1. The first-order valence-corrected chi connectivity index (χ1v) is 7.80. The summed E-state index contributed by atoms with van der Waals surface area (Å²) in [5.74, 6) is 0.567. The Balaban J connectivity index is 2.90. The van der Waals surface area contributed by atoms with Crippen LogP contribution in [0.15, 0.2) is 22.7 Å². The maximum absolute atomic E-state index is 12.7. The highest BCUT2D eigenvalue weighted by atomic mass is 79.9. The van der Waals surface area contributed by atoms with E-state index in [-0.39, 0.29) is 5.91 Å². The van der Waals surface area contributed by atoms with Gasteiger partial charge in [-0.05, 0) is 60.6 Å². The summed E-state index contributed by atoms with van der Waals surface area (Å²) in [6.45, 7) is 8.72. The van der Waals surface area contributed by atoms with Crippen molar-refractivity contribution in [2.75, 3.05) is 33.7 Å². The van der Waals surface area contributed by atoms with E-state index in [1.54, 1.807) is 0 Å². The molecule has 0 bridgehead atoms. The van der Waals surface area contributed by atoms with Gasteiger partial charge in [-0.2, -0.15) is 0 Å². The molecule has 112 valence electrons. The highest BCUT2D eigenvalue weighted by molar-refractivity contribution is 9.10. The molecule has 1 amide bonds. The van der Waals surface area contributed by atoms with Gasteiger partial charge >= 0.3 is 0 Å². The van der Waals surface area contributed by atoms with E-state index in [0.29, 0.717) is 5.92 Å². The summed E-state index contributed by atoms with van der Waals surface area (Å²) in [4.78, 5) is 16.7. The number of carbonyl (C=O) groups excluding carboxylic acids is 1. The Morgan fingerprint density at radius 3 is 2.40 bits per heavy atom. The fourth-order valence-corrected chi connectivity index (χ4v) is 2.66. The Bertz CT molecular complexity index is 458. The number of benzene rings is 1. The molecule has 3 nitrogen and oxygen atoms in total. The molecule has 0 saturated carbocycles. The van der Waals surface area contributed by atoms with Crippen molar-refractivity contribution in [2.24, 2.45) is 5.92 Å². The van der Waals surface area contributed by atoms with Crippen LogP contribution in [-0.2, 0) is 0 Å². The minimum Gasteiger partial charge on any atom is -0.337 e. The summed E-state index contributed by atoms with van der Waals surface area (Å²) >= 11 is 3.50. The van der Waals surface area contributed by atoms with E-state index < -0.39 is 0 Å². The highest BCUT2D eigenvalue weighted by Crippen LogP contribution is 2.20. The molecule has 0 heterocycles. The second kappa shape index (κ2) is 7.79. The molecule has 0 aromatic heterocycles. The van der Waals surface area contributed by atoms with Crippen molar-refractivity contribution in [3.63, 3.8) is 0 Å². The molecule has 0 aliphatic rings. The molecule has 0 N–H and O–H groups in total. The van der Waals surface area contributed by atoms with Gasteiger partial charge in [0.05, 0.1) is 5.56 Å². The molecule has 1 aromatic rings. The zero-order valence-electron chi connectivity index (χ0n) is 13.1. The van der Waals surface area contributed by atoms with Gasteiger partial charge in [-0.1, -0.05) is 19.9 Å². The summed E-state index contributed by atoms with van der Waals surface area (Å²) in [6, 6.07) is 5.88. The van der Waals surface area contributed by atoms with Crippen LogP contribution >= 0.6 is 15.9 Å². The molecule has 20 heavy (non-hydrogen) atoms. The Labute approximate surface area is 131 Å². The van der Waals surface area contributed by atoms with Gasteiger partial charge < -0.3 is 9.80 Å². The SMILES string of the molecule is Cc1ccc(C(=O)N(CCN(C)C)CC(C)C)c(Br)c1. The van der Waals surface area contributed by atoms with E-state index in [2.05, 4.69) is 34.7 Å². The monoisotopic (exact) mass is 340 g/mol.